The number of hydrogen-bond donors (Lipinski definition) is 0. The largest absolute Gasteiger partial charge is 0.611 e. The number of fused-ring (bicyclic) bond motifs is 3. The normalized spacial score (nSPS) is 21.8. The van der Waals surface area contributed by atoms with E-state index in [1.807, 2.05) is 0 Å². The second-order valence-corrected chi connectivity index (χ2v) is 11.5. The van der Waals surface area contributed by atoms with Gasteiger partial charge < -0.3 is 14.2 Å². The van der Waals surface area contributed by atoms with Crippen LogP contribution in [0.2, 0.25) is 10.0 Å². The number of amides is 1. The van der Waals surface area contributed by atoms with Crippen LogP contribution in [0.1, 0.15) is 29.7 Å². The number of rotatable bonds is 5. The molecule has 2 heterocycles. The molecule has 1 fully saturated rings. The highest BCUT2D eigenvalue weighted by molar-refractivity contribution is 7.92. The summed E-state index contributed by atoms with van der Waals surface area (Å²) in [4.78, 5) is 18.3. The zero-order valence-electron chi connectivity index (χ0n) is 19.3. The minimum Gasteiger partial charge on any atom is -0.611 e. The average molecular weight is 569 g/mol. The molecule has 3 unspecified atom stereocenters. The van der Waals surface area contributed by atoms with Crippen LogP contribution in [0.3, 0.4) is 0 Å². The molecule has 2 aromatic carbocycles. The minimum atomic E-state index is -5.01. The van der Waals surface area contributed by atoms with E-state index >= 15 is 0 Å². The lowest BCUT2D eigenvalue weighted by Crippen LogP contribution is -2.54. The van der Waals surface area contributed by atoms with Crippen LogP contribution in [-0.4, -0.2) is 39.1 Å². The Morgan fingerprint density at radius 3 is 2.49 bits per heavy atom. The van der Waals surface area contributed by atoms with Crippen LogP contribution >= 0.6 is 23.2 Å². The number of likely N-dealkylation sites (tertiary alicyclic amines) is 1. The molecule has 0 radical (unpaired) electrons. The van der Waals surface area contributed by atoms with Gasteiger partial charge in [-0.15, -0.1) is 0 Å². The SMILES string of the molecule is O=C(N1CCC2([S+]([O-])c3ccccc3)c3ccc(OCc4c(Cl)cccc4Cl)nc3CCC12)C(F)(F)F. The van der Waals surface area contributed by atoms with Crippen molar-refractivity contribution in [3.63, 3.8) is 0 Å². The third kappa shape index (κ3) is 4.67. The van der Waals surface area contributed by atoms with E-state index in [2.05, 4.69) is 4.98 Å². The van der Waals surface area contributed by atoms with Crippen molar-refractivity contribution in [2.75, 3.05) is 6.54 Å². The molecule has 0 bridgehead atoms. The summed E-state index contributed by atoms with van der Waals surface area (Å²) in [7, 11) is 0. The maximum atomic E-state index is 14.1. The molecular formula is C26H21Cl2F3N2O3S. The summed E-state index contributed by atoms with van der Waals surface area (Å²) in [6, 6.07) is 16.1. The highest BCUT2D eigenvalue weighted by Crippen LogP contribution is 2.53. The van der Waals surface area contributed by atoms with Gasteiger partial charge in [-0.3, -0.25) is 4.79 Å². The van der Waals surface area contributed by atoms with Gasteiger partial charge in [0.15, 0.2) is 9.64 Å². The van der Waals surface area contributed by atoms with E-state index in [0.29, 0.717) is 38.2 Å². The molecule has 37 heavy (non-hydrogen) atoms. The first-order chi connectivity index (χ1) is 17.6. The van der Waals surface area contributed by atoms with Crippen LogP contribution in [0.15, 0.2) is 65.6 Å². The highest BCUT2D eigenvalue weighted by Gasteiger charge is 2.63. The smallest absolute Gasteiger partial charge is 0.471 e. The Labute approximate surface area is 224 Å². The molecule has 5 rings (SSSR count). The predicted molar refractivity (Wildman–Crippen MR) is 134 cm³/mol. The summed E-state index contributed by atoms with van der Waals surface area (Å²) < 4.78 is 58.9. The predicted octanol–water partition coefficient (Wildman–Crippen LogP) is 6.08. The number of hydrogen-bond acceptors (Lipinski definition) is 4. The molecule has 1 aliphatic carbocycles. The Hall–Kier alpha value is -2.46. The molecule has 0 saturated carbocycles. The molecular weight excluding hydrogens is 548 g/mol. The Kier molecular flexibility index (Phi) is 7.08. The number of halogens is 5. The van der Waals surface area contributed by atoms with Crippen molar-refractivity contribution >= 4 is 40.3 Å². The van der Waals surface area contributed by atoms with Crippen LogP contribution in [0, 0.1) is 0 Å². The Bertz CT molecular complexity index is 1310. The second-order valence-electron chi connectivity index (χ2n) is 8.90. The highest BCUT2D eigenvalue weighted by atomic mass is 35.5. The zero-order chi connectivity index (χ0) is 26.4. The van der Waals surface area contributed by atoms with Crippen molar-refractivity contribution in [3.8, 4) is 5.88 Å². The van der Waals surface area contributed by atoms with Crippen molar-refractivity contribution in [3.05, 3.63) is 87.5 Å². The number of pyridine rings is 1. The van der Waals surface area contributed by atoms with E-state index in [-0.39, 0.29) is 31.9 Å². The van der Waals surface area contributed by atoms with Crippen LogP contribution in [-0.2, 0) is 33.7 Å². The first-order valence-electron chi connectivity index (χ1n) is 11.5. The Morgan fingerprint density at radius 1 is 1.11 bits per heavy atom. The summed E-state index contributed by atoms with van der Waals surface area (Å²) in [5.41, 5.74) is 1.76. The molecule has 2 aliphatic rings. The first kappa shape index (κ1) is 26.2. The van der Waals surface area contributed by atoms with Crippen molar-refractivity contribution in [2.45, 2.75) is 47.7 Å². The summed E-state index contributed by atoms with van der Waals surface area (Å²) in [6.07, 6.45) is -4.40. The Morgan fingerprint density at radius 2 is 1.81 bits per heavy atom. The molecule has 3 atom stereocenters. The van der Waals surface area contributed by atoms with Gasteiger partial charge >= 0.3 is 12.1 Å². The first-order valence-corrected chi connectivity index (χ1v) is 13.4. The average Bonchev–Trinajstić information content (AvgIpc) is 3.28. The number of alkyl halides is 3. The van der Waals surface area contributed by atoms with E-state index < -0.39 is 34.0 Å². The molecule has 0 spiro atoms. The number of carbonyl (C=O) groups excluding carboxylic acids is 1. The van der Waals surface area contributed by atoms with E-state index in [1.54, 1.807) is 60.7 Å². The fraction of sp³-hybridized carbons (Fsp3) is 0.308. The van der Waals surface area contributed by atoms with Crippen molar-refractivity contribution in [2.24, 2.45) is 0 Å². The van der Waals surface area contributed by atoms with Gasteiger partial charge in [-0.2, -0.15) is 13.2 Å². The number of aromatic nitrogens is 1. The van der Waals surface area contributed by atoms with Crippen molar-refractivity contribution < 1.29 is 27.3 Å². The number of carbonyl (C=O) groups is 1. The summed E-state index contributed by atoms with van der Waals surface area (Å²) >= 11 is 10.7. The van der Waals surface area contributed by atoms with E-state index in [1.165, 1.54) is 0 Å². The summed E-state index contributed by atoms with van der Waals surface area (Å²) in [5, 5.41) is 0.900. The maximum absolute atomic E-state index is 14.1. The van der Waals surface area contributed by atoms with Gasteiger partial charge in [-0.25, -0.2) is 4.98 Å². The molecule has 3 aromatic rings. The van der Waals surface area contributed by atoms with E-state index in [4.69, 9.17) is 27.9 Å². The van der Waals surface area contributed by atoms with E-state index in [0.717, 1.165) is 4.90 Å². The van der Waals surface area contributed by atoms with Crippen LogP contribution < -0.4 is 4.74 Å². The molecule has 5 nitrogen and oxygen atoms in total. The molecule has 1 saturated heterocycles. The van der Waals surface area contributed by atoms with Crippen molar-refractivity contribution in [1.82, 2.24) is 9.88 Å². The van der Waals surface area contributed by atoms with Crippen LogP contribution in [0.4, 0.5) is 13.2 Å². The van der Waals surface area contributed by atoms with Gasteiger partial charge in [0.2, 0.25) is 5.88 Å². The molecule has 194 valence electrons. The van der Waals surface area contributed by atoms with E-state index in [9.17, 15) is 22.5 Å². The fourth-order valence-electron chi connectivity index (χ4n) is 5.27. The van der Waals surface area contributed by atoms with Gasteiger partial charge in [0.25, 0.3) is 0 Å². The summed E-state index contributed by atoms with van der Waals surface area (Å²) in [5.74, 6) is -1.62. The number of nitrogens with zero attached hydrogens (tertiary/aromatic N) is 2. The van der Waals surface area contributed by atoms with Crippen LogP contribution in [0.5, 0.6) is 5.88 Å². The Balaban J connectivity index is 1.52. The zero-order valence-corrected chi connectivity index (χ0v) is 21.6. The molecule has 1 amide bonds. The molecule has 0 N–H and O–H groups in total. The topological polar surface area (TPSA) is 65.5 Å². The molecule has 1 aliphatic heterocycles. The number of ether oxygens (including phenoxy) is 1. The second kappa shape index (κ2) is 10.0. The number of aryl methyl sites for hydroxylation is 1. The quantitative estimate of drug-likeness (QED) is 0.350. The standard InChI is InChI=1S/C26H21Cl2F3N2O3S/c27-19-7-4-8-20(28)17(19)15-36-23-12-9-18-21(32-23)10-11-22-25(18,37(35)16-5-2-1-3-6-16)13-14-33(22)24(34)26(29,30)31/h1-9,12,22H,10-11,13-15H2. The minimum absolute atomic E-state index is 0.0713. The number of benzene rings is 2. The lowest BCUT2D eigenvalue weighted by Gasteiger charge is -2.42. The van der Waals surface area contributed by atoms with Gasteiger partial charge in [-0.1, -0.05) is 47.5 Å². The van der Waals surface area contributed by atoms with Crippen molar-refractivity contribution in [1.29, 1.82) is 0 Å². The van der Waals surface area contributed by atoms with Gasteiger partial charge in [0, 0.05) is 40.2 Å². The maximum Gasteiger partial charge on any atom is 0.471 e. The third-order valence-electron chi connectivity index (χ3n) is 6.92. The molecule has 1 aromatic heterocycles. The van der Waals surface area contributed by atoms with Crippen LogP contribution in [0.25, 0.3) is 0 Å². The van der Waals surface area contributed by atoms with Gasteiger partial charge in [0.05, 0.1) is 11.7 Å². The van der Waals surface area contributed by atoms with Gasteiger partial charge in [-0.05, 0) is 54.3 Å². The van der Waals surface area contributed by atoms with Gasteiger partial charge in [0.1, 0.15) is 6.61 Å². The summed E-state index contributed by atoms with van der Waals surface area (Å²) in [6.45, 7) is -0.0772. The lowest BCUT2D eigenvalue weighted by atomic mass is 9.81. The lowest BCUT2D eigenvalue weighted by molar-refractivity contribution is -0.186. The monoisotopic (exact) mass is 568 g/mol. The fourth-order valence-corrected chi connectivity index (χ4v) is 7.75. The molecule has 11 heteroatoms. The third-order valence-corrected chi connectivity index (χ3v) is 9.68.